The first-order valence-corrected chi connectivity index (χ1v) is 7.19. The van der Waals surface area contributed by atoms with Gasteiger partial charge in [-0.3, -0.25) is 4.21 Å². The average Bonchev–Trinajstić information content (AvgIpc) is 2.09. The minimum absolute atomic E-state index is 0.0319. The van der Waals surface area contributed by atoms with Gasteiger partial charge in [0.1, 0.15) is 0 Å². The van der Waals surface area contributed by atoms with E-state index in [1.54, 1.807) is 18.4 Å². The fourth-order valence-corrected chi connectivity index (χ4v) is 2.77. The molecule has 0 saturated carbocycles. The zero-order valence-corrected chi connectivity index (χ0v) is 11.4. The summed E-state index contributed by atoms with van der Waals surface area (Å²) >= 11 is 12.0. The number of hydrogen-bond acceptors (Lipinski definition) is 3. The van der Waals surface area contributed by atoms with Gasteiger partial charge in [-0.2, -0.15) is 0 Å². The summed E-state index contributed by atoms with van der Waals surface area (Å²) in [5, 5.41) is 4.07. The first-order chi connectivity index (χ1) is 7.40. The smallest absolute Gasteiger partial charge is 0.0722 e. The van der Waals surface area contributed by atoms with Crippen molar-refractivity contribution in [2.24, 2.45) is 0 Å². The van der Waals surface area contributed by atoms with E-state index in [1.165, 1.54) is 0 Å². The molecule has 0 heterocycles. The third-order valence-corrected chi connectivity index (χ3v) is 3.51. The molecule has 2 unspecified atom stereocenters. The van der Waals surface area contributed by atoms with Crippen LogP contribution in [0.4, 0.5) is 11.4 Å². The van der Waals surface area contributed by atoms with E-state index >= 15 is 0 Å². The van der Waals surface area contributed by atoms with E-state index in [1.807, 2.05) is 6.92 Å². The van der Waals surface area contributed by atoms with Crippen molar-refractivity contribution in [3.8, 4) is 0 Å². The standard InChI is InChI=1S/C10H14Cl2N2OS/c1-6(5-16(2)15)14-10-8(11)3-7(13)4-9(10)12/h3-4,6,14H,5,13H2,1-2H3. The molecule has 0 aliphatic carbocycles. The van der Waals surface area contributed by atoms with Crippen molar-refractivity contribution >= 4 is 45.4 Å². The molecule has 1 aromatic carbocycles. The molecule has 0 bridgehead atoms. The Balaban J connectivity index is 2.85. The Hall–Kier alpha value is -0.450. The Morgan fingerprint density at radius 2 is 1.94 bits per heavy atom. The molecule has 0 aliphatic heterocycles. The lowest BCUT2D eigenvalue weighted by molar-refractivity contribution is 0.683. The number of nitrogens with one attached hydrogen (secondary N) is 1. The van der Waals surface area contributed by atoms with Crippen molar-refractivity contribution < 1.29 is 4.21 Å². The van der Waals surface area contributed by atoms with Gasteiger partial charge in [-0.25, -0.2) is 0 Å². The zero-order chi connectivity index (χ0) is 12.3. The molecule has 2 atom stereocenters. The second-order valence-corrected chi connectivity index (χ2v) is 5.94. The third kappa shape index (κ3) is 3.85. The van der Waals surface area contributed by atoms with Crippen molar-refractivity contribution in [1.29, 1.82) is 0 Å². The maximum absolute atomic E-state index is 11.1. The predicted octanol–water partition coefficient (Wildman–Crippen LogP) is 2.75. The van der Waals surface area contributed by atoms with Crippen LogP contribution in [0.2, 0.25) is 10.0 Å². The second-order valence-electron chi connectivity index (χ2n) is 3.64. The molecule has 0 aromatic heterocycles. The van der Waals surface area contributed by atoms with Crippen LogP contribution in [0.1, 0.15) is 6.92 Å². The van der Waals surface area contributed by atoms with Gasteiger partial charge in [0.05, 0.1) is 15.7 Å². The number of anilines is 2. The van der Waals surface area contributed by atoms with Gasteiger partial charge in [0.2, 0.25) is 0 Å². The zero-order valence-electron chi connectivity index (χ0n) is 9.09. The van der Waals surface area contributed by atoms with Gasteiger partial charge >= 0.3 is 0 Å². The maximum atomic E-state index is 11.1. The molecule has 1 aromatic rings. The predicted molar refractivity (Wildman–Crippen MR) is 72.9 cm³/mol. The van der Waals surface area contributed by atoms with Crippen molar-refractivity contribution in [3.63, 3.8) is 0 Å². The van der Waals surface area contributed by atoms with Gasteiger partial charge in [0, 0.05) is 34.5 Å². The van der Waals surface area contributed by atoms with Crippen LogP contribution in [-0.4, -0.2) is 22.3 Å². The lowest BCUT2D eigenvalue weighted by Gasteiger charge is -2.16. The van der Waals surface area contributed by atoms with E-state index in [0.717, 1.165) is 0 Å². The van der Waals surface area contributed by atoms with Gasteiger partial charge < -0.3 is 11.1 Å². The van der Waals surface area contributed by atoms with Crippen molar-refractivity contribution in [3.05, 3.63) is 22.2 Å². The number of halogens is 2. The topological polar surface area (TPSA) is 55.1 Å². The average molecular weight is 281 g/mol. The Kier molecular flexibility index (Phi) is 4.89. The molecule has 0 spiro atoms. The number of benzene rings is 1. The molecule has 3 nitrogen and oxygen atoms in total. The Labute approximate surface area is 108 Å². The molecule has 0 radical (unpaired) electrons. The Bertz CT molecular complexity index is 389. The molecule has 90 valence electrons. The fourth-order valence-electron chi connectivity index (χ4n) is 1.37. The van der Waals surface area contributed by atoms with E-state index in [-0.39, 0.29) is 6.04 Å². The number of nitrogens with two attached hydrogens (primary N) is 1. The number of nitrogen functional groups attached to an aromatic ring is 1. The summed E-state index contributed by atoms with van der Waals surface area (Å²) in [6.07, 6.45) is 1.66. The van der Waals surface area contributed by atoms with E-state index in [9.17, 15) is 4.21 Å². The summed E-state index contributed by atoms with van der Waals surface area (Å²) in [4.78, 5) is 0. The lowest BCUT2D eigenvalue weighted by Crippen LogP contribution is -2.22. The van der Waals surface area contributed by atoms with Crippen LogP contribution in [0.25, 0.3) is 0 Å². The number of hydrogen-bond donors (Lipinski definition) is 2. The molecule has 0 saturated heterocycles. The summed E-state index contributed by atoms with van der Waals surface area (Å²) in [7, 11) is -0.860. The van der Waals surface area contributed by atoms with E-state index < -0.39 is 10.8 Å². The van der Waals surface area contributed by atoms with E-state index in [2.05, 4.69) is 5.32 Å². The van der Waals surface area contributed by atoms with Crippen molar-refractivity contribution in [2.75, 3.05) is 23.1 Å². The molecular formula is C10H14Cl2N2OS. The largest absolute Gasteiger partial charge is 0.399 e. The maximum Gasteiger partial charge on any atom is 0.0722 e. The van der Waals surface area contributed by atoms with Gasteiger partial charge in [0.25, 0.3) is 0 Å². The molecular weight excluding hydrogens is 267 g/mol. The van der Waals surface area contributed by atoms with Crippen molar-refractivity contribution in [2.45, 2.75) is 13.0 Å². The monoisotopic (exact) mass is 280 g/mol. The van der Waals surface area contributed by atoms with Crippen LogP contribution < -0.4 is 11.1 Å². The molecule has 0 fully saturated rings. The van der Waals surface area contributed by atoms with E-state index in [4.69, 9.17) is 28.9 Å². The highest BCUT2D eigenvalue weighted by Crippen LogP contribution is 2.33. The van der Waals surface area contributed by atoms with Gasteiger partial charge in [-0.05, 0) is 19.1 Å². The highest BCUT2D eigenvalue weighted by atomic mass is 35.5. The molecule has 6 heteroatoms. The lowest BCUT2D eigenvalue weighted by atomic mass is 10.2. The minimum Gasteiger partial charge on any atom is -0.399 e. The summed E-state index contributed by atoms with van der Waals surface area (Å²) in [5.74, 6) is 0.539. The van der Waals surface area contributed by atoms with Crippen molar-refractivity contribution in [1.82, 2.24) is 0 Å². The quantitative estimate of drug-likeness (QED) is 0.834. The molecule has 1 rings (SSSR count). The van der Waals surface area contributed by atoms with Crippen LogP contribution in [-0.2, 0) is 10.8 Å². The van der Waals surface area contributed by atoms with Crippen LogP contribution in [0.3, 0.4) is 0 Å². The minimum atomic E-state index is -0.860. The third-order valence-electron chi connectivity index (χ3n) is 1.94. The fraction of sp³-hybridized carbons (Fsp3) is 0.400. The highest BCUT2D eigenvalue weighted by molar-refractivity contribution is 7.84. The SMILES string of the molecule is CC(CS(C)=O)Nc1c(Cl)cc(N)cc1Cl. The molecule has 0 amide bonds. The summed E-state index contributed by atoms with van der Waals surface area (Å²) < 4.78 is 11.1. The molecule has 3 N–H and O–H groups in total. The Morgan fingerprint density at radius 1 is 1.44 bits per heavy atom. The second kappa shape index (κ2) is 5.75. The Morgan fingerprint density at radius 3 is 2.38 bits per heavy atom. The van der Waals surface area contributed by atoms with Crippen LogP contribution in [0.15, 0.2) is 12.1 Å². The molecule has 16 heavy (non-hydrogen) atoms. The normalized spacial score (nSPS) is 14.5. The van der Waals surface area contributed by atoms with Crippen LogP contribution >= 0.6 is 23.2 Å². The summed E-state index contributed by atoms with van der Waals surface area (Å²) in [5.41, 5.74) is 6.75. The molecule has 0 aliphatic rings. The highest BCUT2D eigenvalue weighted by Gasteiger charge is 2.11. The summed E-state index contributed by atoms with van der Waals surface area (Å²) in [6.45, 7) is 1.92. The van der Waals surface area contributed by atoms with Crippen LogP contribution in [0, 0.1) is 0 Å². The van der Waals surface area contributed by atoms with Gasteiger partial charge in [0.15, 0.2) is 0 Å². The van der Waals surface area contributed by atoms with Gasteiger partial charge in [-0.1, -0.05) is 23.2 Å². The first-order valence-electron chi connectivity index (χ1n) is 4.71. The van der Waals surface area contributed by atoms with E-state index in [0.29, 0.717) is 27.2 Å². The van der Waals surface area contributed by atoms with Gasteiger partial charge in [-0.15, -0.1) is 0 Å². The first kappa shape index (κ1) is 13.6. The van der Waals surface area contributed by atoms with Crippen LogP contribution in [0.5, 0.6) is 0 Å². The summed E-state index contributed by atoms with van der Waals surface area (Å²) in [6, 6.07) is 3.29. The number of rotatable bonds is 4.